The number of nitrogens with zero attached hydrogens (tertiary/aromatic N) is 1. The van der Waals surface area contributed by atoms with Gasteiger partial charge in [0.2, 0.25) is 5.91 Å². The summed E-state index contributed by atoms with van der Waals surface area (Å²) in [5.74, 6) is -0.0511. The van der Waals surface area contributed by atoms with Crippen molar-refractivity contribution in [1.29, 1.82) is 0 Å². The topological polar surface area (TPSA) is 58.4 Å². The van der Waals surface area contributed by atoms with Gasteiger partial charge in [-0.1, -0.05) is 37.6 Å². The lowest BCUT2D eigenvalue weighted by Gasteiger charge is -2.42. The van der Waals surface area contributed by atoms with E-state index in [2.05, 4.69) is 48.3 Å². The molecule has 1 atom stereocenters. The van der Waals surface area contributed by atoms with Crippen LogP contribution in [0.1, 0.15) is 51.7 Å². The molecule has 1 amide bonds. The van der Waals surface area contributed by atoms with Gasteiger partial charge in [-0.3, -0.25) is 9.69 Å². The molecule has 0 fully saturated rings. The molecule has 1 aromatic carbocycles. The molecule has 4 nitrogen and oxygen atoms in total. The van der Waals surface area contributed by atoms with Crippen LogP contribution in [0.4, 0.5) is 0 Å². The first kappa shape index (κ1) is 20.9. The molecule has 1 aliphatic rings. The normalized spacial score (nSPS) is 17.4. The number of amides is 1. The molecule has 5 heteroatoms. The van der Waals surface area contributed by atoms with Crippen molar-refractivity contribution in [3.8, 4) is 0 Å². The minimum atomic E-state index is -0.778. The van der Waals surface area contributed by atoms with Gasteiger partial charge in [0.05, 0.1) is 5.54 Å². The van der Waals surface area contributed by atoms with E-state index in [4.69, 9.17) is 5.73 Å². The number of halogens is 1. The van der Waals surface area contributed by atoms with Gasteiger partial charge in [0.1, 0.15) is 0 Å². The maximum atomic E-state index is 12.3. The molecule has 136 valence electrons. The first-order chi connectivity index (χ1) is 10.8. The third-order valence-corrected chi connectivity index (χ3v) is 4.96. The third-order valence-electron chi connectivity index (χ3n) is 4.96. The Morgan fingerprint density at radius 1 is 1.25 bits per heavy atom. The number of benzene rings is 1. The fourth-order valence-electron chi connectivity index (χ4n) is 3.26. The summed E-state index contributed by atoms with van der Waals surface area (Å²) in [4.78, 5) is 14.8. The lowest BCUT2D eigenvalue weighted by molar-refractivity contribution is -0.126. The van der Waals surface area contributed by atoms with Gasteiger partial charge in [-0.2, -0.15) is 0 Å². The van der Waals surface area contributed by atoms with Gasteiger partial charge in [0, 0.05) is 25.2 Å². The van der Waals surface area contributed by atoms with Crippen LogP contribution < -0.4 is 11.1 Å². The van der Waals surface area contributed by atoms with Gasteiger partial charge >= 0.3 is 0 Å². The molecule has 1 unspecified atom stereocenters. The third kappa shape index (κ3) is 4.95. The first-order valence-electron chi connectivity index (χ1n) is 8.65. The average molecular weight is 354 g/mol. The van der Waals surface area contributed by atoms with Gasteiger partial charge in [-0.05, 0) is 44.7 Å². The summed E-state index contributed by atoms with van der Waals surface area (Å²) in [6.45, 7) is 10.8. The van der Waals surface area contributed by atoms with Crippen LogP contribution in [0.15, 0.2) is 24.3 Å². The fraction of sp³-hybridized carbons (Fsp3) is 0.632. The van der Waals surface area contributed by atoms with Crippen molar-refractivity contribution < 1.29 is 4.79 Å². The van der Waals surface area contributed by atoms with Crippen LogP contribution in [0.5, 0.6) is 0 Å². The Bertz CT molecular complexity index is 557. The van der Waals surface area contributed by atoms with Crippen LogP contribution in [0.2, 0.25) is 0 Å². The molecule has 24 heavy (non-hydrogen) atoms. The van der Waals surface area contributed by atoms with E-state index in [-0.39, 0.29) is 23.9 Å². The average Bonchev–Trinajstić information content (AvgIpc) is 2.52. The van der Waals surface area contributed by atoms with Crippen molar-refractivity contribution in [2.75, 3.05) is 13.1 Å². The molecule has 3 N–H and O–H groups in total. The van der Waals surface area contributed by atoms with Gasteiger partial charge in [-0.15, -0.1) is 12.4 Å². The van der Waals surface area contributed by atoms with Crippen molar-refractivity contribution in [3.05, 3.63) is 35.4 Å². The second-order valence-corrected chi connectivity index (χ2v) is 7.60. The van der Waals surface area contributed by atoms with E-state index in [1.54, 1.807) is 0 Å². The van der Waals surface area contributed by atoms with E-state index in [1.807, 2.05) is 13.8 Å². The molecule has 2 rings (SSSR count). The Labute approximate surface area is 152 Å². The summed E-state index contributed by atoms with van der Waals surface area (Å²) in [5, 5.41) is 3.06. The SMILES string of the molecule is CCCC(C)(N)C(=O)NCC(C)(C)N1CCc2ccccc2C1.Cl. The van der Waals surface area contributed by atoms with E-state index in [1.165, 1.54) is 11.1 Å². The minimum absolute atomic E-state index is 0. The summed E-state index contributed by atoms with van der Waals surface area (Å²) in [5.41, 5.74) is 8.09. The Hall–Kier alpha value is -1.10. The molecule has 0 saturated carbocycles. The van der Waals surface area contributed by atoms with E-state index in [0.717, 1.165) is 25.9 Å². The summed E-state index contributed by atoms with van der Waals surface area (Å²) in [7, 11) is 0. The molecule has 0 saturated heterocycles. The molecule has 1 aromatic rings. The summed E-state index contributed by atoms with van der Waals surface area (Å²) >= 11 is 0. The monoisotopic (exact) mass is 353 g/mol. The van der Waals surface area contributed by atoms with E-state index < -0.39 is 5.54 Å². The summed E-state index contributed by atoms with van der Waals surface area (Å²) in [6.07, 6.45) is 2.68. The molecular weight excluding hydrogens is 322 g/mol. The number of nitrogens with one attached hydrogen (secondary N) is 1. The van der Waals surface area contributed by atoms with Gasteiger partial charge in [0.25, 0.3) is 0 Å². The number of fused-ring (bicyclic) bond motifs is 1. The quantitative estimate of drug-likeness (QED) is 0.826. The van der Waals surface area contributed by atoms with Gasteiger partial charge in [0.15, 0.2) is 0 Å². The van der Waals surface area contributed by atoms with E-state index in [0.29, 0.717) is 13.0 Å². The van der Waals surface area contributed by atoms with Gasteiger partial charge in [-0.25, -0.2) is 0 Å². The minimum Gasteiger partial charge on any atom is -0.353 e. The second-order valence-electron chi connectivity index (χ2n) is 7.60. The molecule has 0 spiro atoms. The zero-order valence-corrected chi connectivity index (χ0v) is 16.2. The highest BCUT2D eigenvalue weighted by atomic mass is 35.5. The van der Waals surface area contributed by atoms with E-state index >= 15 is 0 Å². The predicted octanol–water partition coefficient (Wildman–Crippen LogP) is 2.88. The highest BCUT2D eigenvalue weighted by Crippen LogP contribution is 2.25. The lowest BCUT2D eigenvalue weighted by atomic mass is 9.93. The Balaban J connectivity index is 0.00000288. The highest BCUT2D eigenvalue weighted by molar-refractivity contribution is 5.85. The van der Waals surface area contributed by atoms with E-state index in [9.17, 15) is 4.79 Å². The Kier molecular flexibility index (Phi) is 7.26. The number of nitrogens with two attached hydrogens (primary N) is 1. The maximum Gasteiger partial charge on any atom is 0.239 e. The van der Waals surface area contributed by atoms with Crippen LogP contribution >= 0.6 is 12.4 Å². The highest BCUT2D eigenvalue weighted by Gasteiger charge is 2.33. The molecule has 1 heterocycles. The lowest BCUT2D eigenvalue weighted by Crippen LogP contribution is -2.58. The first-order valence-corrected chi connectivity index (χ1v) is 8.65. The van der Waals surface area contributed by atoms with Crippen LogP contribution in [-0.4, -0.2) is 35.0 Å². The maximum absolute atomic E-state index is 12.3. The number of carbonyl (C=O) groups excluding carboxylic acids is 1. The van der Waals surface area contributed by atoms with Crippen LogP contribution in [0.25, 0.3) is 0 Å². The summed E-state index contributed by atoms with van der Waals surface area (Å²) in [6, 6.07) is 8.62. The number of carbonyl (C=O) groups is 1. The molecule has 0 aliphatic carbocycles. The number of hydrogen-bond donors (Lipinski definition) is 2. The molecular formula is C19H32ClN3O. The van der Waals surface area contributed by atoms with Crippen molar-refractivity contribution >= 4 is 18.3 Å². The molecule has 1 aliphatic heterocycles. The standard InChI is InChI=1S/C19H31N3O.ClH/c1-5-11-19(4,20)17(23)21-14-18(2,3)22-12-10-15-8-6-7-9-16(15)13-22;/h6-9H,5,10-14,20H2,1-4H3,(H,21,23);1H. The fourth-order valence-corrected chi connectivity index (χ4v) is 3.26. The van der Waals surface area contributed by atoms with Crippen molar-refractivity contribution in [3.63, 3.8) is 0 Å². The van der Waals surface area contributed by atoms with Crippen molar-refractivity contribution in [1.82, 2.24) is 10.2 Å². The smallest absolute Gasteiger partial charge is 0.239 e. The molecule has 0 bridgehead atoms. The van der Waals surface area contributed by atoms with Gasteiger partial charge < -0.3 is 11.1 Å². The van der Waals surface area contributed by atoms with Crippen LogP contribution in [0.3, 0.4) is 0 Å². The predicted molar refractivity (Wildman–Crippen MR) is 102 cm³/mol. The number of hydrogen-bond acceptors (Lipinski definition) is 3. The second kappa shape index (κ2) is 8.32. The molecule has 0 aromatic heterocycles. The Morgan fingerprint density at radius 3 is 2.50 bits per heavy atom. The number of rotatable bonds is 6. The van der Waals surface area contributed by atoms with Crippen LogP contribution in [0, 0.1) is 0 Å². The summed E-state index contributed by atoms with van der Waals surface area (Å²) < 4.78 is 0. The zero-order chi connectivity index (χ0) is 17.1. The molecule has 0 radical (unpaired) electrons. The Morgan fingerprint density at radius 2 is 1.88 bits per heavy atom. The van der Waals surface area contributed by atoms with Crippen molar-refractivity contribution in [2.45, 2.75) is 64.6 Å². The largest absolute Gasteiger partial charge is 0.353 e. The van der Waals surface area contributed by atoms with Crippen molar-refractivity contribution in [2.24, 2.45) is 5.73 Å². The zero-order valence-electron chi connectivity index (χ0n) is 15.4. The van der Waals surface area contributed by atoms with Crippen LogP contribution in [-0.2, 0) is 17.8 Å².